The van der Waals surface area contributed by atoms with Gasteiger partial charge in [0, 0.05) is 12.1 Å². The van der Waals surface area contributed by atoms with Gasteiger partial charge in [-0.3, -0.25) is 0 Å². The molecule has 0 bridgehead atoms. The second-order valence-corrected chi connectivity index (χ2v) is 6.63. The average Bonchev–Trinajstić information content (AvgIpc) is 2.81. The number of nitrogens with two attached hydrogens (primary N) is 1. The second-order valence-electron chi connectivity index (χ2n) is 6.63. The van der Waals surface area contributed by atoms with Gasteiger partial charge in [0.05, 0.1) is 20.8 Å². The maximum absolute atomic E-state index is 6.05. The SMILES string of the molecule is COc1ccc(CN=C(N)NCc2ccccc2OCc2ccccc2)cc1OC. The molecule has 0 unspecified atom stereocenters. The van der Waals surface area contributed by atoms with Crippen molar-refractivity contribution in [2.45, 2.75) is 19.7 Å². The van der Waals surface area contributed by atoms with Crippen LogP contribution in [0.1, 0.15) is 16.7 Å². The van der Waals surface area contributed by atoms with E-state index in [4.69, 9.17) is 19.9 Å². The zero-order chi connectivity index (χ0) is 21.2. The van der Waals surface area contributed by atoms with Gasteiger partial charge in [0.2, 0.25) is 0 Å². The van der Waals surface area contributed by atoms with Crippen LogP contribution in [0.4, 0.5) is 0 Å². The fourth-order valence-electron chi connectivity index (χ4n) is 2.92. The standard InChI is InChI=1S/C24H27N3O3/c1-28-22-13-12-19(14-23(22)29-2)15-26-24(25)27-16-20-10-6-7-11-21(20)30-17-18-8-4-3-5-9-18/h3-14H,15-17H2,1-2H3,(H3,25,26,27). The predicted octanol–water partition coefficient (Wildman–Crippen LogP) is 3.89. The lowest BCUT2D eigenvalue weighted by atomic mass is 10.2. The summed E-state index contributed by atoms with van der Waals surface area (Å²) in [4.78, 5) is 4.41. The topological polar surface area (TPSA) is 78.1 Å². The minimum absolute atomic E-state index is 0.364. The van der Waals surface area contributed by atoms with Gasteiger partial charge in [0.1, 0.15) is 12.4 Å². The maximum Gasteiger partial charge on any atom is 0.189 e. The number of aliphatic imine (C=N–C) groups is 1. The smallest absolute Gasteiger partial charge is 0.189 e. The Morgan fingerprint density at radius 2 is 1.57 bits per heavy atom. The normalized spacial score (nSPS) is 11.1. The highest BCUT2D eigenvalue weighted by molar-refractivity contribution is 5.77. The van der Waals surface area contributed by atoms with Crippen LogP contribution >= 0.6 is 0 Å². The van der Waals surface area contributed by atoms with Crippen LogP contribution in [-0.4, -0.2) is 20.2 Å². The molecule has 0 saturated carbocycles. The van der Waals surface area contributed by atoms with E-state index in [2.05, 4.69) is 10.3 Å². The molecule has 0 aliphatic carbocycles. The van der Waals surface area contributed by atoms with Gasteiger partial charge >= 0.3 is 0 Å². The molecule has 0 atom stereocenters. The van der Waals surface area contributed by atoms with E-state index in [1.165, 1.54) is 0 Å². The first kappa shape index (κ1) is 21.0. The van der Waals surface area contributed by atoms with Gasteiger partial charge in [-0.15, -0.1) is 0 Å². The predicted molar refractivity (Wildman–Crippen MR) is 119 cm³/mol. The molecule has 0 saturated heterocycles. The molecule has 0 amide bonds. The summed E-state index contributed by atoms with van der Waals surface area (Å²) in [5.41, 5.74) is 9.16. The van der Waals surface area contributed by atoms with E-state index in [1.54, 1.807) is 14.2 Å². The van der Waals surface area contributed by atoms with E-state index >= 15 is 0 Å². The van der Waals surface area contributed by atoms with Crippen molar-refractivity contribution in [1.82, 2.24) is 5.32 Å². The van der Waals surface area contributed by atoms with Crippen LogP contribution < -0.4 is 25.3 Å². The van der Waals surface area contributed by atoms with Gasteiger partial charge in [-0.1, -0.05) is 54.6 Å². The number of guanidine groups is 1. The number of benzene rings is 3. The Balaban J connectivity index is 1.57. The number of nitrogens with one attached hydrogen (secondary N) is 1. The number of hydrogen-bond donors (Lipinski definition) is 2. The van der Waals surface area contributed by atoms with Gasteiger partial charge in [0.25, 0.3) is 0 Å². The van der Waals surface area contributed by atoms with Crippen molar-refractivity contribution in [2.75, 3.05) is 14.2 Å². The van der Waals surface area contributed by atoms with Gasteiger partial charge in [-0.05, 0) is 29.3 Å². The summed E-state index contributed by atoms with van der Waals surface area (Å²) in [7, 11) is 3.22. The summed E-state index contributed by atoms with van der Waals surface area (Å²) in [5, 5.41) is 3.15. The number of para-hydroxylation sites is 1. The number of ether oxygens (including phenoxy) is 3. The Labute approximate surface area is 177 Å². The molecule has 0 fully saturated rings. The molecule has 0 aliphatic heterocycles. The third kappa shape index (κ3) is 5.91. The van der Waals surface area contributed by atoms with Crippen LogP contribution in [0.5, 0.6) is 17.2 Å². The lowest BCUT2D eigenvalue weighted by Gasteiger charge is -2.13. The summed E-state index contributed by atoms with van der Waals surface area (Å²) in [6.07, 6.45) is 0. The van der Waals surface area contributed by atoms with Crippen molar-refractivity contribution >= 4 is 5.96 Å². The molecule has 3 aromatic carbocycles. The van der Waals surface area contributed by atoms with Crippen LogP contribution in [0.2, 0.25) is 0 Å². The summed E-state index contributed by atoms with van der Waals surface area (Å²) in [6, 6.07) is 23.7. The second kappa shape index (κ2) is 10.8. The minimum atomic E-state index is 0.364. The van der Waals surface area contributed by atoms with Crippen molar-refractivity contribution in [2.24, 2.45) is 10.7 Å². The number of rotatable bonds is 9. The van der Waals surface area contributed by atoms with E-state index in [1.807, 2.05) is 72.8 Å². The van der Waals surface area contributed by atoms with Crippen LogP contribution in [0.15, 0.2) is 77.8 Å². The molecule has 6 heteroatoms. The first-order valence-electron chi connectivity index (χ1n) is 9.69. The number of nitrogens with zero attached hydrogens (tertiary/aromatic N) is 1. The molecular weight excluding hydrogens is 378 g/mol. The Morgan fingerprint density at radius 3 is 2.33 bits per heavy atom. The molecule has 0 heterocycles. The molecule has 3 rings (SSSR count). The van der Waals surface area contributed by atoms with E-state index in [0.29, 0.717) is 37.2 Å². The molecule has 6 nitrogen and oxygen atoms in total. The monoisotopic (exact) mass is 405 g/mol. The summed E-state index contributed by atoms with van der Waals surface area (Å²) < 4.78 is 16.6. The van der Waals surface area contributed by atoms with Crippen molar-refractivity contribution in [1.29, 1.82) is 0 Å². The van der Waals surface area contributed by atoms with E-state index in [-0.39, 0.29) is 0 Å². The molecule has 0 spiro atoms. The number of hydrogen-bond acceptors (Lipinski definition) is 4. The first-order chi connectivity index (χ1) is 14.7. The largest absolute Gasteiger partial charge is 0.493 e. The fraction of sp³-hybridized carbons (Fsp3) is 0.208. The van der Waals surface area contributed by atoms with Crippen molar-refractivity contribution < 1.29 is 14.2 Å². The molecule has 3 aromatic rings. The third-order valence-corrected chi connectivity index (χ3v) is 4.55. The highest BCUT2D eigenvalue weighted by atomic mass is 16.5. The highest BCUT2D eigenvalue weighted by Gasteiger charge is 2.06. The van der Waals surface area contributed by atoms with Crippen molar-refractivity contribution in [3.05, 3.63) is 89.5 Å². The molecular formula is C24H27N3O3. The van der Waals surface area contributed by atoms with E-state index < -0.39 is 0 Å². The summed E-state index contributed by atoms with van der Waals surface area (Å²) >= 11 is 0. The van der Waals surface area contributed by atoms with Crippen LogP contribution in [0.25, 0.3) is 0 Å². The minimum Gasteiger partial charge on any atom is -0.493 e. The van der Waals surface area contributed by atoms with Crippen LogP contribution in [0, 0.1) is 0 Å². The molecule has 30 heavy (non-hydrogen) atoms. The quantitative estimate of drug-likeness (QED) is 0.417. The lowest BCUT2D eigenvalue weighted by Crippen LogP contribution is -2.31. The highest BCUT2D eigenvalue weighted by Crippen LogP contribution is 2.27. The Morgan fingerprint density at radius 1 is 0.833 bits per heavy atom. The molecule has 0 radical (unpaired) electrons. The first-order valence-corrected chi connectivity index (χ1v) is 9.69. The Hall–Kier alpha value is -3.67. The van der Waals surface area contributed by atoms with E-state index in [9.17, 15) is 0 Å². The molecule has 0 aromatic heterocycles. The van der Waals surface area contributed by atoms with Gasteiger partial charge < -0.3 is 25.3 Å². The van der Waals surface area contributed by atoms with Gasteiger partial charge in [-0.2, -0.15) is 0 Å². The Bertz CT molecular complexity index is 974. The fourth-order valence-corrected chi connectivity index (χ4v) is 2.92. The summed E-state index contributed by atoms with van der Waals surface area (Å²) in [6.45, 7) is 1.47. The van der Waals surface area contributed by atoms with Crippen LogP contribution in [0.3, 0.4) is 0 Å². The average molecular weight is 405 g/mol. The summed E-state index contributed by atoms with van der Waals surface area (Å²) in [5.74, 6) is 2.54. The lowest BCUT2D eigenvalue weighted by molar-refractivity contribution is 0.302. The molecule has 3 N–H and O–H groups in total. The molecule has 156 valence electrons. The molecule has 0 aliphatic rings. The van der Waals surface area contributed by atoms with Crippen molar-refractivity contribution in [3.8, 4) is 17.2 Å². The zero-order valence-corrected chi connectivity index (χ0v) is 17.3. The van der Waals surface area contributed by atoms with E-state index in [0.717, 1.165) is 22.4 Å². The van der Waals surface area contributed by atoms with Crippen LogP contribution in [-0.2, 0) is 19.7 Å². The number of methoxy groups -OCH3 is 2. The van der Waals surface area contributed by atoms with Gasteiger partial charge in [0.15, 0.2) is 17.5 Å². The zero-order valence-electron chi connectivity index (χ0n) is 17.3. The maximum atomic E-state index is 6.05. The van der Waals surface area contributed by atoms with Crippen molar-refractivity contribution in [3.63, 3.8) is 0 Å². The third-order valence-electron chi connectivity index (χ3n) is 4.55. The van der Waals surface area contributed by atoms with Gasteiger partial charge in [-0.25, -0.2) is 4.99 Å². The Kier molecular flexibility index (Phi) is 7.55.